The highest BCUT2D eigenvalue weighted by Gasteiger charge is 2.40. The quantitative estimate of drug-likeness (QED) is 0.0531. The van der Waals surface area contributed by atoms with Gasteiger partial charge in [-0.05, 0) is 51.4 Å². The predicted molar refractivity (Wildman–Crippen MR) is 192 cm³/mol. The fourth-order valence-electron chi connectivity index (χ4n) is 6.49. The second-order valence-electron chi connectivity index (χ2n) is 14.0. The Hall–Kier alpha value is -1.18. The minimum absolute atomic E-state index is 0.0377. The van der Waals surface area contributed by atoms with Crippen molar-refractivity contribution in [3.63, 3.8) is 0 Å². The number of aliphatic hydroxyl groups excluding tert-OH is 1. The van der Waals surface area contributed by atoms with Crippen LogP contribution in [0.3, 0.4) is 0 Å². The molecule has 278 valence electrons. The van der Waals surface area contributed by atoms with Crippen LogP contribution in [0.2, 0.25) is 0 Å². The van der Waals surface area contributed by atoms with Gasteiger partial charge in [0.25, 0.3) is 0 Å². The van der Waals surface area contributed by atoms with E-state index in [1.807, 2.05) is 0 Å². The summed E-state index contributed by atoms with van der Waals surface area (Å²) in [5.74, 6) is -0.564. The molecule has 1 aliphatic rings. The lowest BCUT2D eigenvalue weighted by atomic mass is 9.99. The summed E-state index contributed by atoms with van der Waals surface area (Å²) < 4.78 is 23.7. The van der Waals surface area contributed by atoms with Gasteiger partial charge in [0.05, 0.1) is 25.9 Å². The SMILES string of the molecule is CCCCCCCCCC(=O)OCCCCCCCC1(CCCCCCCOC(=O)CCCCCCCCC)OCC(CCCO)O1. The van der Waals surface area contributed by atoms with Crippen molar-refractivity contribution < 1.29 is 33.6 Å². The van der Waals surface area contributed by atoms with Crippen molar-refractivity contribution in [2.45, 2.75) is 218 Å². The zero-order valence-corrected chi connectivity index (χ0v) is 31.0. The molecule has 0 saturated carbocycles. The van der Waals surface area contributed by atoms with Gasteiger partial charge in [-0.15, -0.1) is 0 Å². The zero-order chi connectivity index (χ0) is 34.1. The summed E-state index contributed by atoms with van der Waals surface area (Å²) in [4.78, 5) is 23.9. The van der Waals surface area contributed by atoms with Crippen LogP contribution in [0.15, 0.2) is 0 Å². The topological polar surface area (TPSA) is 91.3 Å². The lowest BCUT2D eigenvalue weighted by Gasteiger charge is -2.28. The Morgan fingerprint density at radius 3 is 1.43 bits per heavy atom. The molecule has 0 bridgehead atoms. The third-order valence-corrected chi connectivity index (χ3v) is 9.50. The van der Waals surface area contributed by atoms with E-state index in [0.29, 0.717) is 32.7 Å². The number of esters is 2. The van der Waals surface area contributed by atoms with Crippen molar-refractivity contribution in [3.05, 3.63) is 0 Å². The van der Waals surface area contributed by atoms with E-state index in [1.54, 1.807) is 0 Å². The van der Waals surface area contributed by atoms with E-state index in [0.717, 1.165) is 116 Å². The predicted octanol–water partition coefficient (Wildman–Crippen LogP) is 10.9. The van der Waals surface area contributed by atoms with Crippen LogP contribution in [0.25, 0.3) is 0 Å². The van der Waals surface area contributed by atoms with Crippen LogP contribution in [0.4, 0.5) is 0 Å². The number of rotatable bonds is 35. The Bertz CT molecular complexity index is 667. The molecule has 7 nitrogen and oxygen atoms in total. The second kappa shape index (κ2) is 32.0. The third kappa shape index (κ3) is 26.4. The Morgan fingerprint density at radius 1 is 0.574 bits per heavy atom. The van der Waals surface area contributed by atoms with Crippen LogP contribution < -0.4 is 0 Å². The molecule has 0 aromatic carbocycles. The summed E-state index contributed by atoms with van der Waals surface area (Å²) in [6.07, 6.45) is 32.3. The molecule has 0 aromatic heterocycles. The first-order valence-electron chi connectivity index (χ1n) is 20.3. The summed E-state index contributed by atoms with van der Waals surface area (Å²) in [6, 6.07) is 0. The molecule has 1 heterocycles. The van der Waals surface area contributed by atoms with Gasteiger partial charge >= 0.3 is 11.9 Å². The van der Waals surface area contributed by atoms with E-state index < -0.39 is 5.79 Å². The molecule has 0 spiro atoms. The summed E-state index contributed by atoms with van der Waals surface area (Å²) in [6.45, 7) is 6.36. The first-order chi connectivity index (χ1) is 23.0. The van der Waals surface area contributed by atoms with Gasteiger partial charge in [0.2, 0.25) is 0 Å². The van der Waals surface area contributed by atoms with Crippen LogP contribution in [-0.4, -0.2) is 55.4 Å². The van der Waals surface area contributed by atoms with Gasteiger partial charge in [-0.1, -0.05) is 129 Å². The van der Waals surface area contributed by atoms with Crippen LogP contribution in [-0.2, 0) is 28.5 Å². The largest absolute Gasteiger partial charge is 0.466 e. The number of hydrogen-bond acceptors (Lipinski definition) is 7. The average molecular weight is 669 g/mol. The highest BCUT2D eigenvalue weighted by Crippen LogP contribution is 2.36. The number of ether oxygens (including phenoxy) is 4. The normalized spacial score (nSPS) is 15.7. The summed E-state index contributed by atoms with van der Waals surface area (Å²) in [7, 11) is 0. The maximum atomic E-state index is 12.0. The third-order valence-electron chi connectivity index (χ3n) is 9.50. The monoisotopic (exact) mass is 669 g/mol. The molecule has 1 unspecified atom stereocenters. The van der Waals surface area contributed by atoms with Gasteiger partial charge in [-0.25, -0.2) is 0 Å². The van der Waals surface area contributed by atoms with Crippen LogP contribution in [0.1, 0.15) is 206 Å². The van der Waals surface area contributed by atoms with Gasteiger partial charge in [0.15, 0.2) is 5.79 Å². The van der Waals surface area contributed by atoms with Crippen molar-refractivity contribution in [2.75, 3.05) is 26.4 Å². The molecule has 1 fully saturated rings. The highest BCUT2D eigenvalue weighted by molar-refractivity contribution is 5.69. The van der Waals surface area contributed by atoms with E-state index >= 15 is 0 Å². The number of aliphatic hydroxyl groups is 1. The van der Waals surface area contributed by atoms with Crippen molar-refractivity contribution in [1.29, 1.82) is 0 Å². The molecular formula is C40H76O7. The van der Waals surface area contributed by atoms with E-state index in [2.05, 4.69) is 13.8 Å². The Kier molecular flexibility index (Phi) is 29.9. The molecule has 1 aliphatic heterocycles. The van der Waals surface area contributed by atoms with Gasteiger partial charge < -0.3 is 24.1 Å². The minimum atomic E-state index is -0.489. The molecule has 47 heavy (non-hydrogen) atoms. The van der Waals surface area contributed by atoms with E-state index in [-0.39, 0.29) is 24.6 Å². The molecular weight excluding hydrogens is 592 g/mol. The first kappa shape index (κ1) is 43.8. The molecule has 0 aromatic rings. The van der Waals surface area contributed by atoms with E-state index in [9.17, 15) is 14.7 Å². The fraction of sp³-hybridized carbons (Fsp3) is 0.950. The maximum absolute atomic E-state index is 12.0. The van der Waals surface area contributed by atoms with Crippen LogP contribution in [0, 0.1) is 0 Å². The van der Waals surface area contributed by atoms with Crippen molar-refractivity contribution in [3.8, 4) is 0 Å². The molecule has 1 atom stereocenters. The highest BCUT2D eigenvalue weighted by atomic mass is 16.7. The number of hydrogen-bond donors (Lipinski definition) is 1. The van der Waals surface area contributed by atoms with Gasteiger partial charge in [-0.2, -0.15) is 0 Å². The maximum Gasteiger partial charge on any atom is 0.305 e. The van der Waals surface area contributed by atoms with Gasteiger partial charge in [-0.3, -0.25) is 9.59 Å². The first-order valence-corrected chi connectivity index (χ1v) is 20.3. The van der Waals surface area contributed by atoms with Crippen LogP contribution >= 0.6 is 0 Å². The Labute approximate surface area is 290 Å². The van der Waals surface area contributed by atoms with E-state index in [4.69, 9.17) is 18.9 Å². The standard InChI is InChI=1S/C40H76O7/c1-3-5-7-9-11-15-21-29-38(42)44-34-25-19-13-17-23-31-40(46-36-37(47-40)28-27-33-41)32-24-18-14-20-26-35-45-39(43)30-22-16-12-10-8-6-4-2/h37,41H,3-36H2,1-2H3. The second-order valence-corrected chi connectivity index (χ2v) is 14.0. The molecule has 7 heteroatoms. The van der Waals surface area contributed by atoms with Crippen molar-refractivity contribution in [2.24, 2.45) is 0 Å². The molecule has 0 amide bonds. The van der Waals surface area contributed by atoms with Crippen LogP contribution in [0.5, 0.6) is 0 Å². The zero-order valence-electron chi connectivity index (χ0n) is 31.0. The lowest BCUT2D eigenvalue weighted by Crippen LogP contribution is -2.31. The Balaban J connectivity index is 2.12. The van der Waals surface area contributed by atoms with Gasteiger partial charge in [0, 0.05) is 32.3 Å². The van der Waals surface area contributed by atoms with E-state index in [1.165, 1.54) is 64.2 Å². The molecule has 1 rings (SSSR count). The summed E-state index contributed by atoms with van der Waals surface area (Å²) in [5, 5.41) is 9.25. The van der Waals surface area contributed by atoms with Crippen molar-refractivity contribution >= 4 is 11.9 Å². The van der Waals surface area contributed by atoms with Crippen molar-refractivity contribution in [1.82, 2.24) is 0 Å². The average Bonchev–Trinajstić information content (AvgIpc) is 3.48. The minimum Gasteiger partial charge on any atom is -0.466 e. The number of unbranched alkanes of at least 4 members (excludes halogenated alkanes) is 20. The number of carbonyl (C=O) groups is 2. The summed E-state index contributed by atoms with van der Waals surface area (Å²) >= 11 is 0. The smallest absolute Gasteiger partial charge is 0.305 e. The molecule has 1 N–H and O–H groups in total. The molecule has 0 aliphatic carbocycles. The fourth-order valence-corrected chi connectivity index (χ4v) is 6.49. The summed E-state index contributed by atoms with van der Waals surface area (Å²) in [5.41, 5.74) is 0. The lowest BCUT2D eigenvalue weighted by molar-refractivity contribution is -0.180. The molecule has 0 radical (unpaired) electrons. The molecule has 1 saturated heterocycles. The Morgan fingerprint density at radius 2 is 0.979 bits per heavy atom. The number of carbonyl (C=O) groups excluding carboxylic acids is 2. The van der Waals surface area contributed by atoms with Gasteiger partial charge in [0.1, 0.15) is 0 Å².